The van der Waals surface area contributed by atoms with Crippen LogP contribution in [-0.4, -0.2) is 10.4 Å². The van der Waals surface area contributed by atoms with Gasteiger partial charge in [-0.2, -0.15) is 0 Å². The van der Waals surface area contributed by atoms with Crippen LogP contribution in [0.5, 0.6) is 0 Å². The van der Waals surface area contributed by atoms with Crippen LogP contribution in [0, 0.1) is 5.82 Å². The van der Waals surface area contributed by atoms with Crippen molar-refractivity contribution in [2.75, 3.05) is 0 Å². The topological polar surface area (TPSA) is 39.1 Å². The second-order valence-electron chi connectivity index (χ2n) is 6.70. The van der Waals surface area contributed by atoms with Crippen molar-refractivity contribution in [2.24, 2.45) is 0 Å². The summed E-state index contributed by atoms with van der Waals surface area (Å²) in [7, 11) is 0. The van der Waals surface area contributed by atoms with Crippen molar-refractivity contribution in [1.82, 2.24) is 4.57 Å². The Morgan fingerprint density at radius 3 is 2.69 bits per heavy atom. The van der Waals surface area contributed by atoms with Gasteiger partial charge in [0.25, 0.3) is 5.56 Å². The zero-order valence-electron chi connectivity index (χ0n) is 14.0. The first-order valence-electron chi connectivity index (χ1n) is 8.65. The summed E-state index contributed by atoms with van der Waals surface area (Å²) in [5, 5.41) is 1.33. The van der Waals surface area contributed by atoms with E-state index in [0.29, 0.717) is 28.8 Å². The summed E-state index contributed by atoms with van der Waals surface area (Å²) in [5.41, 5.74) is 1.32. The number of carbonyl (C=O) groups is 1. The Morgan fingerprint density at radius 1 is 1.15 bits per heavy atom. The van der Waals surface area contributed by atoms with Crippen molar-refractivity contribution in [3.8, 4) is 0 Å². The fourth-order valence-corrected chi connectivity index (χ4v) is 3.47. The molecule has 3 nitrogen and oxygen atoms in total. The molecule has 132 valence electrons. The molecule has 0 N–H and O–H groups in total. The van der Waals surface area contributed by atoms with E-state index in [9.17, 15) is 14.0 Å². The number of fused-ring (bicyclic) bond motifs is 1. The zero-order valence-corrected chi connectivity index (χ0v) is 14.8. The second-order valence-corrected chi connectivity index (χ2v) is 7.10. The largest absolute Gasteiger partial charge is 0.312 e. The normalized spacial score (nSPS) is 13.9. The molecule has 0 unspecified atom stereocenters. The van der Waals surface area contributed by atoms with Crippen LogP contribution in [-0.2, 0) is 6.42 Å². The highest BCUT2D eigenvalue weighted by Gasteiger charge is 2.25. The Kier molecular flexibility index (Phi) is 4.37. The Hall–Kier alpha value is -2.46. The number of aryl methyl sites for hydroxylation is 1. The summed E-state index contributed by atoms with van der Waals surface area (Å²) in [6.07, 6.45) is 4.59. The number of carbonyl (C=O) groups excluding carboxylic acids is 1. The molecule has 0 aliphatic heterocycles. The molecule has 0 radical (unpaired) electrons. The highest BCUT2D eigenvalue weighted by molar-refractivity contribution is 6.30. The highest BCUT2D eigenvalue weighted by Crippen LogP contribution is 2.34. The van der Waals surface area contributed by atoms with Gasteiger partial charge in [-0.1, -0.05) is 29.8 Å². The molecule has 0 bridgehead atoms. The molecule has 1 aliphatic carbocycles. The van der Waals surface area contributed by atoms with Crippen LogP contribution < -0.4 is 5.56 Å². The molecule has 26 heavy (non-hydrogen) atoms. The Bertz CT molecular complexity index is 1070. The summed E-state index contributed by atoms with van der Waals surface area (Å²) in [6.45, 7) is 0. The van der Waals surface area contributed by atoms with Gasteiger partial charge in [-0.15, -0.1) is 0 Å². The van der Waals surface area contributed by atoms with E-state index in [1.807, 2.05) is 6.07 Å². The molecular formula is C21H17ClFNO2. The van der Waals surface area contributed by atoms with Crippen molar-refractivity contribution in [3.05, 3.63) is 81.0 Å². The molecule has 1 fully saturated rings. The van der Waals surface area contributed by atoms with E-state index in [2.05, 4.69) is 0 Å². The Labute approximate surface area is 155 Å². The van der Waals surface area contributed by atoms with E-state index >= 15 is 0 Å². The first kappa shape index (κ1) is 17.0. The predicted octanol–water partition coefficient (Wildman–Crippen LogP) is 4.94. The monoisotopic (exact) mass is 369 g/mol. The number of hydrogen-bond donors (Lipinski definition) is 0. The Morgan fingerprint density at radius 2 is 1.96 bits per heavy atom. The molecule has 1 heterocycles. The van der Waals surface area contributed by atoms with E-state index in [4.69, 9.17) is 11.6 Å². The fraction of sp³-hybridized carbons (Fsp3) is 0.238. The predicted molar refractivity (Wildman–Crippen MR) is 101 cm³/mol. The molecular weight excluding hydrogens is 353 g/mol. The number of Topliss-reactive ketones (excluding diaryl/α,β-unsaturated/α-hetero) is 1. The zero-order chi connectivity index (χ0) is 18.3. The number of aromatic nitrogens is 1. The Balaban J connectivity index is 1.61. The van der Waals surface area contributed by atoms with Crippen LogP contribution in [0.15, 0.2) is 53.5 Å². The first-order chi connectivity index (χ1) is 12.5. The second kappa shape index (κ2) is 6.69. The van der Waals surface area contributed by atoms with E-state index < -0.39 is 5.82 Å². The van der Waals surface area contributed by atoms with Crippen LogP contribution in [0.3, 0.4) is 0 Å². The maximum Gasteiger partial charge on any atom is 0.258 e. The van der Waals surface area contributed by atoms with Crippen molar-refractivity contribution >= 4 is 28.2 Å². The summed E-state index contributed by atoms with van der Waals surface area (Å²) >= 11 is 5.79. The van der Waals surface area contributed by atoms with Gasteiger partial charge in [0.2, 0.25) is 0 Å². The third-order valence-electron chi connectivity index (χ3n) is 4.84. The number of benzene rings is 2. The quantitative estimate of drug-likeness (QED) is 0.597. The molecule has 1 aromatic heterocycles. The number of halogens is 2. The minimum absolute atomic E-state index is 0.0371. The molecule has 0 atom stereocenters. The summed E-state index contributed by atoms with van der Waals surface area (Å²) < 4.78 is 15.0. The molecule has 0 amide bonds. The van der Waals surface area contributed by atoms with E-state index in [1.54, 1.807) is 41.1 Å². The van der Waals surface area contributed by atoms with Gasteiger partial charge in [-0.25, -0.2) is 4.39 Å². The summed E-state index contributed by atoms with van der Waals surface area (Å²) in [6, 6.07) is 11.9. The van der Waals surface area contributed by atoms with Crippen molar-refractivity contribution in [2.45, 2.75) is 31.7 Å². The number of pyridine rings is 1. The molecule has 3 aromatic rings. The molecule has 1 saturated carbocycles. The third kappa shape index (κ3) is 3.17. The number of rotatable bonds is 5. The maximum absolute atomic E-state index is 13.2. The lowest BCUT2D eigenvalue weighted by atomic mass is 9.98. The maximum atomic E-state index is 13.2. The lowest BCUT2D eigenvalue weighted by Gasteiger charge is -2.09. The molecule has 2 aromatic carbocycles. The minimum atomic E-state index is -0.470. The van der Waals surface area contributed by atoms with E-state index in [0.717, 1.165) is 18.4 Å². The molecule has 0 spiro atoms. The molecule has 4 rings (SSSR count). The molecule has 5 heteroatoms. The van der Waals surface area contributed by atoms with Crippen LogP contribution in [0.25, 0.3) is 10.8 Å². The van der Waals surface area contributed by atoms with Gasteiger partial charge in [0.05, 0.1) is 5.02 Å². The highest BCUT2D eigenvalue weighted by atomic mass is 35.5. The van der Waals surface area contributed by atoms with Crippen molar-refractivity contribution in [3.63, 3.8) is 0 Å². The van der Waals surface area contributed by atoms with Gasteiger partial charge in [0.1, 0.15) is 5.82 Å². The smallest absolute Gasteiger partial charge is 0.258 e. The molecule has 1 aliphatic rings. The lowest BCUT2D eigenvalue weighted by molar-refractivity contribution is 0.0984. The van der Waals surface area contributed by atoms with E-state index in [1.165, 1.54) is 6.07 Å². The van der Waals surface area contributed by atoms with Crippen molar-refractivity contribution < 1.29 is 9.18 Å². The first-order valence-corrected chi connectivity index (χ1v) is 9.03. The average Bonchev–Trinajstić information content (AvgIpc) is 3.47. The lowest BCUT2D eigenvalue weighted by Crippen LogP contribution is -2.19. The fourth-order valence-electron chi connectivity index (χ4n) is 3.26. The van der Waals surface area contributed by atoms with Gasteiger partial charge >= 0.3 is 0 Å². The number of hydrogen-bond acceptors (Lipinski definition) is 2. The number of ketones is 1. The van der Waals surface area contributed by atoms with Crippen molar-refractivity contribution in [1.29, 1.82) is 0 Å². The molecule has 0 saturated heterocycles. The van der Waals surface area contributed by atoms with Crippen LogP contribution in [0.1, 0.15) is 41.2 Å². The van der Waals surface area contributed by atoms with Gasteiger partial charge in [-0.05, 0) is 54.5 Å². The van der Waals surface area contributed by atoms with E-state index in [-0.39, 0.29) is 22.8 Å². The van der Waals surface area contributed by atoms with Crippen LogP contribution >= 0.6 is 11.6 Å². The SMILES string of the molecule is O=C(CCc1ccc(F)c(Cl)c1)c1cccc2c(=O)n(C3CC3)ccc12. The standard InChI is InChI=1S/C21H17ClFNO2/c22-18-12-13(4-8-19(18)23)5-9-20(25)16-2-1-3-17-15(16)10-11-24(21(17)26)14-6-7-14/h1-4,8,10-12,14H,5-7,9H2. The summed E-state index contributed by atoms with van der Waals surface area (Å²) in [5.74, 6) is -0.512. The summed E-state index contributed by atoms with van der Waals surface area (Å²) in [4.78, 5) is 25.3. The van der Waals surface area contributed by atoms with Gasteiger partial charge < -0.3 is 4.57 Å². The minimum Gasteiger partial charge on any atom is -0.312 e. The van der Waals surface area contributed by atoms with Gasteiger partial charge in [-0.3, -0.25) is 9.59 Å². The van der Waals surface area contributed by atoms with Crippen LogP contribution in [0.4, 0.5) is 4.39 Å². The average molecular weight is 370 g/mol. The third-order valence-corrected chi connectivity index (χ3v) is 5.13. The van der Waals surface area contributed by atoms with Gasteiger partial charge in [0.15, 0.2) is 5.78 Å². The van der Waals surface area contributed by atoms with Crippen LogP contribution in [0.2, 0.25) is 5.02 Å². The number of nitrogens with zero attached hydrogens (tertiary/aromatic N) is 1. The van der Waals surface area contributed by atoms with Gasteiger partial charge in [0, 0.05) is 29.6 Å².